The first-order valence-corrected chi connectivity index (χ1v) is 10.8. The summed E-state index contributed by atoms with van der Waals surface area (Å²) in [5, 5.41) is 7.88. The molecule has 0 aliphatic rings. The number of carbonyl (C=O) groups excluding carboxylic acids is 1. The largest absolute Gasteiger partial charge is 0.489 e. The van der Waals surface area contributed by atoms with E-state index in [4.69, 9.17) is 16.3 Å². The third kappa shape index (κ3) is 5.96. The van der Waals surface area contributed by atoms with Crippen molar-refractivity contribution >= 4 is 39.1 Å². The Balaban J connectivity index is 1.36. The minimum absolute atomic E-state index is 0.198. The van der Waals surface area contributed by atoms with Gasteiger partial charge in [0.15, 0.2) is 0 Å². The highest BCUT2D eigenvalue weighted by Gasteiger charge is 2.09. The molecule has 1 N–H and O–H groups in total. The van der Waals surface area contributed by atoms with Gasteiger partial charge in [0.25, 0.3) is 5.91 Å². The summed E-state index contributed by atoms with van der Waals surface area (Å²) in [6.07, 6.45) is 3.46. The second kappa shape index (κ2) is 9.81. The van der Waals surface area contributed by atoms with Crippen LogP contribution in [-0.2, 0) is 13.2 Å². The van der Waals surface area contributed by atoms with Crippen LogP contribution < -0.4 is 10.1 Å². The van der Waals surface area contributed by atoms with Crippen molar-refractivity contribution in [1.82, 2.24) is 9.78 Å². The van der Waals surface area contributed by atoms with Gasteiger partial charge in [-0.2, -0.15) is 5.10 Å². The van der Waals surface area contributed by atoms with Crippen LogP contribution in [0.1, 0.15) is 21.5 Å². The lowest BCUT2D eigenvalue weighted by Crippen LogP contribution is -2.12. The summed E-state index contributed by atoms with van der Waals surface area (Å²) < 4.78 is 8.58. The van der Waals surface area contributed by atoms with Gasteiger partial charge in [-0.1, -0.05) is 51.8 Å². The van der Waals surface area contributed by atoms with Gasteiger partial charge in [0, 0.05) is 21.3 Å². The molecule has 0 aliphatic carbocycles. The van der Waals surface area contributed by atoms with E-state index in [1.165, 1.54) is 0 Å². The summed E-state index contributed by atoms with van der Waals surface area (Å²) in [5.41, 5.74) is 3.22. The summed E-state index contributed by atoms with van der Waals surface area (Å²) in [6, 6.07) is 22.6. The average molecular weight is 497 g/mol. The molecule has 4 aromatic rings. The second-order valence-corrected chi connectivity index (χ2v) is 8.30. The summed E-state index contributed by atoms with van der Waals surface area (Å²) in [7, 11) is 0. The minimum Gasteiger partial charge on any atom is -0.489 e. The third-order valence-electron chi connectivity index (χ3n) is 4.56. The molecule has 0 radical (unpaired) electrons. The standard InChI is InChI=1S/C24H19BrClN3O2/c25-20-6-4-17(5-7-20)14-29-15-22(13-27-29)28-24(30)19-3-1-2-18(12-19)16-31-23-10-8-21(26)9-11-23/h1-13,15H,14,16H2,(H,28,30). The number of rotatable bonds is 7. The molecule has 31 heavy (non-hydrogen) atoms. The quantitative estimate of drug-likeness (QED) is 0.332. The predicted molar refractivity (Wildman–Crippen MR) is 126 cm³/mol. The van der Waals surface area contributed by atoms with Crippen LogP contribution in [0.25, 0.3) is 0 Å². The summed E-state index contributed by atoms with van der Waals surface area (Å²) >= 11 is 9.32. The van der Waals surface area contributed by atoms with Crippen molar-refractivity contribution in [2.45, 2.75) is 13.2 Å². The van der Waals surface area contributed by atoms with E-state index in [2.05, 4.69) is 26.3 Å². The van der Waals surface area contributed by atoms with Crippen molar-refractivity contribution in [3.05, 3.63) is 111 Å². The summed E-state index contributed by atoms with van der Waals surface area (Å²) in [5.74, 6) is 0.522. The van der Waals surface area contributed by atoms with Gasteiger partial charge in [0.2, 0.25) is 0 Å². The van der Waals surface area contributed by atoms with Crippen LogP contribution in [-0.4, -0.2) is 15.7 Å². The van der Waals surface area contributed by atoms with Crippen molar-refractivity contribution in [2.75, 3.05) is 5.32 Å². The van der Waals surface area contributed by atoms with Gasteiger partial charge in [0.05, 0.1) is 18.4 Å². The first-order valence-electron chi connectivity index (χ1n) is 9.61. The molecule has 0 atom stereocenters. The molecule has 3 aromatic carbocycles. The molecule has 1 aromatic heterocycles. The van der Waals surface area contributed by atoms with Gasteiger partial charge in [-0.25, -0.2) is 0 Å². The molecule has 0 unspecified atom stereocenters. The highest BCUT2D eigenvalue weighted by Crippen LogP contribution is 2.18. The molecule has 0 bridgehead atoms. The maximum atomic E-state index is 12.7. The van der Waals surface area contributed by atoms with Gasteiger partial charge in [-0.15, -0.1) is 0 Å². The highest BCUT2D eigenvalue weighted by atomic mass is 79.9. The Labute approximate surface area is 193 Å². The molecule has 0 aliphatic heterocycles. The zero-order chi connectivity index (χ0) is 21.6. The van der Waals surface area contributed by atoms with Crippen molar-refractivity contribution in [2.24, 2.45) is 0 Å². The smallest absolute Gasteiger partial charge is 0.255 e. The van der Waals surface area contributed by atoms with Crippen LogP contribution in [0.5, 0.6) is 5.75 Å². The number of hydrogen-bond acceptors (Lipinski definition) is 3. The second-order valence-electron chi connectivity index (χ2n) is 6.95. The number of halogens is 2. The van der Waals surface area contributed by atoms with Crippen molar-refractivity contribution in [1.29, 1.82) is 0 Å². The average Bonchev–Trinajstić information content (AvgIpc) is 3.22. The number of anilines is 1. The van der Waals surface area contributed by atoms with E-state index in [0.29, 0.717) is 29.4 Å². The van der Waals surface area contributed by atoms with E-state index < -0.39 is 0 Å². The Hall–Kier alpha value is -3.09. The van der Waals surface area contributed by atoms with Crippen LogP contribution >= 0.6 is 27.5 Å². The lowest BCUT2D eigenvalue weighted by Gasteiger charge is -2.08. The highest BCUT2D eigenvalue weighted by molar-refractivity contribution is 9.10. The molecule has 0 spiro atoms. The molecule has 1 heterocycles. The number of aromatic nitrogens is 2. The third-order valence-corrected chi connectivity index (χ3v) is 5.34. The van der Waals surface area contributed by atoms with Gasteiger partial charge < -0.3 is 10.1 Å². The minimum atomic E-state index is -0.198. The number of amides is 1. The maximum Gasteiger partial charge on any atom is 0.255 e. The van der Waals surface area contributed by atoms with Crippen LogP contribution in [0.15, 0.2) is 89.7 Å². The Morgan fingerprint density at radius 1 is 1.03 bits per heavy atom. The van der Waals surface area contributed by atoms with E-state index in [0.717, 1.165) is 21.3 Å². The zero-order valence-electron chi connectivity index (χ0n) is 16.5. The van der Waals surface area contributed by atoms with Gasteiger partial charge in [0.1, 0.15) is 12.4 Å². The summed E-state index contributed by atoms with van der Waals surface area (Å²) in [4.78, 5) is 12.7. The number of carbonyl (C=O) groups is 1. The van der Waals surface area contributed by atoms with E-state index >= 15 is 0 Å². The van der Waals surface area contributed by atoms with E-state index in [1.54, 1.807) is 29.1 Å². The first-order chi connectivity index (χ1) is 15.0. The van der Waals surface area contributed by atoms with Crippen LogP contribution in [0.4, 0.5) is 5.69 Å². The van der Waals surface area contributed by atoms with E-state index in [-0.39, 0.29) is 5.91 Å². The summed E-state index contributed by atoms with van der Waals surface area (Å²) in [6.45, 7) is 0.981. The molecule has 0 fully saturated rings. The first kappa shape index (κ1) is 21.2. The number of benzene rings is 3. The fraction of sp³-hybridized carbons (Fsp3) is 0.0833. The van der Waals surface area contributed by atoms with Crippen LogP contribution in [0, 0.1) is 0 Å². The molecule has 7 heteroatoms. The Morgan fingerprint density at radius 3 is 2.58 bits per heavy atom. The lowest BCUT2D eigenvalue weighted by molar-refractivity contribution is 0.102. The Kier molecular flexibility index (Phi) is 6.70. The Morgan fingerprint density at radius 2 is 1.81 bits per heavy atom. The van der Waals surface area contributed by atoms with E-state index in [1.807, 2.05) is 60.8 Å². The number of ether oxygens (including phenoxy) is 1. The van der Waals surface area contributed by atoms with Gasteiger partial charge >= 0.3 is 0 Å². The molecule has 5 nitrogen and oxygen atoms in total. The van der Waals surface area contributed by atoms with Gasteiger partial charge in [-0.3, -0.25) is 9.48 Å². The monoisotopic (exact) mass is 495 g/mol. The maximum absolute atomic E-state index is 12.7. The molecular weight excluding hydrogens is 478 g/mol. The van der Waals surface area contributed by atoms with Crippen LogP contribution in [0.3, 0.4) is 0 Å². The number of nitrogens with one attached hydrogen (secondary N) is 1. The van der Waals surface area contributed by atoms with Crippen molar-refractivity contribution in [3.8, 4) is 5.75 Å². The molecule has 4 rings (SSSR count). The number of nitrogens with zero attached hydrogens (tertiary/aromatic N) is 2. The SMILES string of the molecule is O=C(Nc1cnn(Cc2ccc(Br)cc2)c1)c1cccc(COc2ccc(Cl)cc2)c1. The predicted octanol–water partition coefficient (Wildman–Crippen LogP) is 6.18. The van der Waals surface area contributed by atoms with E-state index in [9.17, 15) is 4.79 Å². The molecule has 1 amide bonds. The molecule has 156 valence electrons. The molecule has 0 saturated carbocycles. The molecular formula is C24H19BrClN3O2. The Bertz CT molecular complexity index is 1170. The zero-order valence-corrected chi connectivity index (χ0v) is 18.8. The van der Waals surface area contributed by atoms with Gasteiger partial charge in [-0.05, 0) is 59.7 Å². The van der Waals surface area contributed by atoms with Crippen LogP contribution in [0.2, 0.25) is 5.02 Å². The topological polar surface area (TPSA) is 56.2 Å². The fourth-order valence-electron chi connectivity index (χ4n) is 2.99. The normalized spacial score (nSPS) is 10.6. The fourth-order valence-corrected chi connectivity index (χ4v) is 3.38. The van der Waals surface area contributed by atoms with Crippen molar-refractivity contribution < 1.29 is 9.53 Å². The molecule has 0 saturated heterocycles. The number of hydrogen-bond donors (Lipinski definition) is 1. The van der Waals surface area contributed by atoms with Crippen molar-refractivity contribution in [3.63, 3.8) is 0 Å². The lowest BCUT2D eigenvalue weighted by atomic mass is 10.1.